The highest BCUT2D eigenvalue weighted by molar-refractivity contribution is 6.12. The first-order valence-corrected chi connectivity index (χ1v) is 9.23. The van der Waals surface area contributed by atoms with Crippen molar-refractivity contribution in [2.45, 2.75) is 58.0 Å². The number of carboxylic acids is 1. The summed E-state index contributed by atoms with van der Waals surface area (Å²) in [6.45, 7) is 6.34. The number of methoxy groups -OCH3 is 1. The van der Waals surface area contributed by atoms with Gasteiger partial charge in [0.1, 0.15) is 6.10 Å². The summed E-state index contributed by atoms with van der Waals surface area (Å²) in [5, 5.41) is 8.85. The van der Waals surface area contributed by atoms with Crippen LogP contribution in [0.2, 0.25) is 0 Å². The zero-order valence-electron chi connectivity index (χ0n) is 16.3. The molecule has 152 valence electrons. The van der Waals surface area contributed by atoms with Gasteiger partial charge in [-0.05, 0) is 32.6 Å². The molecule has 2 aliphatic rings. The van der Waals surface area contributed by atoms with Crippen molar-refractivity contribution < 1.29 is 33.7 Å². The van der Waals surface area contributed by atoms with Crippen molar-refractivity contribution in [3.63, 3.8) is 0 Å². The highest BCUT2D eigenvalue weighted by Gasteiger charge is 2.53. The average Bonchev–Trinajstić information content (AvgIpc) is 2.92. The first-order valence-electron chi connectivity index (χ1n) is 9.23. The second-order valence-corrected chi connectivity index (χ2v) is 7.70. The Morgan fingerprint density at radius 1 is 1.33 bits per heavy atom. The maximum atomic E-state index is 11.6. The van der Waals surface area contributed by atoms with Crippen LogP contribution in [-0.2, 0) is 28.6 Å². The van der Waals surface area contributed by atoms with E-state index < -0.39 is 12.3 Å². The summed E-state index contributed by atoms with van der Waals surface area (Å²) < 4.78 is 17.1. The molecule has 0 aliphatic carbocycles. The molecule has 2 rings (SSSR count). The Balaban J connectivity index is 1.86. The Morgan fingerprint density at radius 2 is 1.96 bits per heavy atom. The number of amides is 2. The number of hydrogen-bond donors (Lipinski definition) is 1. The van der Waals surface area contributed by atoms with E-state index in [4.69, 9.17) is 19.3 Å². The van der Waals surface area contributed by atoms with Gasteiger partial charge in [-0.25, -0.2) is 0 Å². The Morgan fingerprint density at radius 3 is 2.48 bits per heavy atom. The van der Waals surface area contributed by atoms with Gasteiger partial charge in [-0.15, -0.1) is 0 Å². The molecular weight excluding hydrogens is 354 g/mol. The number of carboxylic acid groups (broad SMARTS) is 1. The third-order valence-corrected chi connectivity index (χ3v) is 5.23. The predicted molar refractivity (Wildman–Crippen MR) is 95.7 cm³/mol. The van der Waals surface area contributed by atoms with Crippen molar-refractivity contribution in [2.24, 2.45) is 11.8 Å². The summed E-state index contributed by atoms with van der Waals surface area (Å²) in [6.07, 6.45) is 3.15. The van der Waals surface area contributed by atoms with Gasteiger partial charge in [0.05, 0.1) is 18.8 Å². The highest BCUT2D eigenvalue weighted by atomic mass is 16.7. The number of ether oxygens (including phenoxy) is 3. The number of hydrogen-bond acceptors (Lipinski definition) is 6. The van der Waals surface area contributed by atoms with E-state index in [0.717, 1.165) is 11.3 Å². The maximum Gasteiger partial charge on any atom is 0.303 e. The van der Waals surface area contributed by atoms with Crippen LogP contribution in [-0.4, -0.2) is 66.0 Å². The van der Waals surface area contributed by atoms with Gasteiger partial charge in [0.25, 0.3) is 11.8 Å². The third kappa shape index (κ3) is 5.37. The van der Waals surface area contributed by atoms with E-state index in [9.17, 15) is 14.4 Å². The third-order valence-electron chi connectivity index (χ3n) is 5.23. The number of carbonyl (C=O) groups excluding carboxylic acids is 2. The monoisotopic (exact) mass is 383 g/mol. The molecule has 4 atom stereocenters. The normalized spacial score (nSPS) is 26.1. The van der Waals surface area contributed by atoms with Crippen LogP contribution in [0.3, 0.4) is 0 Å². The lowest BCUT2D eigenvalue weighted by molar-refractivity contribution is -0.325. The minimum absolute atomic E-state index is 0.149. The van der Waals surface area contributed by atoms with Gasteiger partial charge in [-0.2, -0.15) is 0 Å². The second-order valence-electron chi connectivity index (χ2n) is 7.70. The molecule has 0 saturated carbocycles. The summed E-state index contributed by atoms with van der Waals surface area (Å²) in [4.78, 5) is 35.0. The first kappa shape index (κ1) is 21.5. The van der Waals surface area contributed by atoms with Crippen molar-refractivity contribution in [3.05, 3.63) is 12.2 Å². The molecule has 1 fully saturated rings. The van der Waals surface area contributed by atoms with E-state index in [2.05, 4.69) is 0 Å². The molecular formula is C19H29NO7. The fraction of sp³-hybridized carbons (Fsp3) is 0.737. The van der Waals surface area contributed by atoms with Crippen LogP contribution >= 0.6 is 0 Å². The SMILES string of the molecule is COC(OCCN1C(=O)C=CC1=O)C1OC(C)(C)C1CC(C)CCC(=O)O. The standard InChI is InChI=1S/C19H29NO7/c1-12(5-8-16(23)24)11-13-17(27-19(13,2)3)18(25-4)26-10-9-20-14(21)6-7-15(20)22/h6-7,12-13,17-18H,5,8-11H2,1-4H3,(H,23,24). The van der Waals surface area contributed by atoms with Crippen LogP contribution in [0.4, 0.5) is 0 Å². The zero-order valence-corrected chi connectivity index (χ0v) is 16.3. The summed E-state index contributed by atoms with van der Waals surface area (Å²) >= 11 is 0. The van der Waals surface area contributed by atoms with E-state index in [1.165, 1.54) is 19.3 Å². The van der Waals surface area contributed by atoms with Gasteiger partial charge >= 0.3 is 5.97 Å². The number of nitrogens with zero attached hydrogens (tertiary/aromatic N) is 1. The minimum Gasteiger partial charge on any atom is -0.481 e. The highest BCUT2D eigenvalue weighted by Crippen LogP contribution is 2.45. The fourth-order valence-corrected chi connectivity index (χ4v) is 3.64. The van der Waals surface area contributed by atoms with Crippen LogP contribution in [0.5, 0.6) is 0 Å². The van der Waals surface area contributed by atoms with E-state index >= 15 is 0 Å². The van der Waals surface area contributed by atoms with Crippen LogP contribution in [0.25, 0.3) is 0 Å². The summed E-state index contributed by atoms with van der Waals surface area (Å²) in [7, 11) is 1.53. The molecule has 0 spiro atoms. The fourth-order valence-electron chi connectivity index (χ4n) is 3.64. The molecule has 1 N–H and O–H groups in total. The first-order chi connectivity index (χ1) is 12.7. The molecule has 0 aromatic rings. The molecule has 0 aromatic carbocycles. The zero-order chi connectivity index (χ0) is 20.2. The Hall–Kier alpha value is -1.77. The molecule has 27 heavy (non-hydrogen) atoms. The van der Waals surface area contributed by atoms with Crippen molar-refractivity contribution in [2.75, 3.05) is 20.3 Å². The van der Waals surface area contributed by atoms with Crippen molar-refractivity contribution in [1.82, 2.24) is 4.90 Å². The minimum atomic E-state index is -0.791. The van der Waals surface area contributed by atoms with Crippen LogP contribution in [0, 0.1) is 11.8 Å². The smallest absolute Gasteiger partial charge is 0.303 e. The number of imide groups is 1. The van der Waals surface area contributed by atoms with Gasteiger partial charge in [0.2, 0.25) is 0 Å². The molecule has 0 radical (unpaired) electrons. The van der Waals surface area contributed by atoms with E-state index in [1.54, 1.807) is 0 Å². The summed E-state index contributed by atoms with van der Waals surface area (Å²) in [6, 6.07) is 0. The summed E-state index contributed by atoms with van der Waals surface area (Å²) in [5.41, 5.74) is -0.340. The Kier molecular flexibility index (Phi) is 7.13. The van der Waals surface area contributed by atoms with E-state index in [-0.39, 0.29) is 54.9 Å². The molecule has 2 heterocycles. The molecule has 2 aliphatic heterocycles. The van der Waals surface area contributed by atoms with Gasteiger partial charge < -0.3 is 19.3 Å². The second kappa shape index (κ2) is 8.95. The topological polar surface area (TPSA) is 102 Å². The van der Waals surface area contributed by atoms with Gasteiger partial charge in [-0.3, -0.25) is 19.3 Å². The van der Waals surface area contributed by atoms with Crippen LogP contribution < -0.4 is 0 Å². The molecule has 0 aromatic heterocycles. The number of rotatable bonds is 11. The lowest BCUT2D eigenvalue weighted by Crippen LogP contribution is -2.62. The maximum absolute atomic E-state index is 11.6. The predicted octanol–water partition coefficient (Wildman–Crippen LogP) is 1.59. The summed E-state index contributed by atoms with van der Waals surface area (Å²) in [5.74, 6) is -1.09. The van der Waals surface area contributed by atoms with E-state index in [1.807, 2.05) is 20.8 Å². The quantitative estimate of drug-likeness (QED) is 0.427. The van der Waals surface area contributed by atoms with Crippen LogP contribution in [0.15, 0.2) is 12.2 Å². The van der Waals surface area contributed by atoms with Crippen molar-refractivity contribution >= 4 is 17.8 Å². The number of carbonyl (C=O) groups is 3. The Bertz CT molecular complexity index is 583. The molecule has 1 saturated heterocycles. The van der Waals surface area contributed by atoms with Gasteiger partial charge in [-0.1, -0.05) is 6.92 Å². The van der Waals surface area contributed by atoms with Gasteiger partial charge in [0, 0.05) is 31.6 Å². The van der Waals surface area contributed by atoms with Gasteiger partial charge in [0.15, 0.2) is 6.29 Å². The molecule has 4 unspecified atom stereocenters. The largest absolute Gasteiger partial charge is 0.481 e. The van der Waals surface area contributed by atoms with E-state index in [0.29, 0.717) is 6.42 Å². The lowest BCUT2D eigenvalue weighted by atomic mass is 9.73. The Labute approximate surface area is 159 Å². The molecule has 8 heteroatoms. The molecule has 8 nitrogen and oxygen atoms in total. The lowest BCUT2D eigenvalue weighted by Gasteiger charge is -2.54. The van der Waals surface area contributed by atoms with Crippen LogP contribution in [0.1, 0.15) is 40.0 Å². The average molecular weight is 383 g/mol. The molecule has 2 amide bonds. The number of aliphatic carboxylic acids is 1. The van der Waals surface area contributed by atoms with Crippen molar-refractivity contribution in [3.8, 4) is 0 Å². The van der Waals surface area contributed by atoms with Crippen molar-refractivity contribution in [1.29, 1.82) is 0 Å². The molecule has 0 bridgehead atoms.